The average molecular weight is 425 g/mol. The van der Waals surface area contributed by atoms with Crippen molar-refractivity contribution in [3.05, 3.63) is 78.1 Å². The predicted octanol–water partition coefficient (Wildman–Crippen LogP) is 2.82. The SMILES string of the molecule is C=CCN(Cc1ccc(OC)cc1)C(=O)CN1C(=O)N[C@](C)(c2ccc(F)cc2)C1=O. The Bertz CT molecular complexity index is 991. The highest BCUT2D eigenvalue weighted by Crippen LogP contribution is 2.29. The number of methoxy groups -OCH3 is 1. The average Bonchev–Trinajstić information content (AvgIpc) is 2.98. The topological polar surface area (TPSA) is 79.0 Å². The maximum Gasteiger partial charge on any atom is 0.325 e. The second kappa shape index (κ2) is 8.99. The summed E-state index contributed by atoms with van der Waals surface area (Å²) in [5.41, 5.74) is -0.0719. The number of halogens is 1. The first-order chi connectivity index (χ1) is 14.8. The molecule has 3 rings (SSSR count). The van der Waals surface area contributed by atoms with Gasteiger partial charge in [-0.05, 0) is 42.3 Å². The van der Waals surface area contributed by atoms with Crippen LogP contribution in [0.3, 0.4) is 0 Å². The lowest BCUT2D eigenvalue weighted by Crippen LogP contribution is -2.44. The Balaban J connectivity index is 1.74. The fourth-order valence-corrected chi connectivity index (χ4v) is 3.42. The van der Waals surface area contributed by atoms with E-state index in [-0.39, 0.29) is 13.1 Å². The number of nitrogens with zero attached hydrogens (tertiary/aromatic N) is 2. The van der Waals surface area contributed by atoms with E-state index in [0.29, 0.717) is 11.3 Å². The highest BCUT2D eigenvalue weighted by Gasteiger charge is 2.49. The van der Waals surface area contributed by atoms with Gasteiger partial charge in [-0.1, -0.05) is 30.3 Å². The Hall–Kier alpha value is -3.68. The minimum absolute atomic E-state index is 0.254. The first kappa shape index (κ1) is 22.0. The molecule has 4 amide bonds. The molecule has 1 fully saturated rings. The standard InChI is InChI=1S/C23H24FN3O4/c1-4-13-26(14-16-5-11-19(31-3)12-6-16)20(28)15-27-21(29)23(2,25-22(27)30)17-7-9-18(24)10-8-17/h4-12H,1,13-15H2,2-3H3,(H,25,30)/t23-/m1/s1. The molecule has 0 radical (unpaired) electrons. The number of hydrogen-bond donors (Lipinski definition) is 1. The number of carbonyl (C=O) groups excluding carboxylic acids is 3. The number of benzene rings is 2. The zero-order valence-corrected chi connectivity index (χ0v) is 17.4. The Morgan fingerprint density at radius 2 is 1.84 bits per heavy atom. The van der Waals surface area contributed by atoms with Gasteiger partial charge in [-0.3, -0.25) is 14.5 Å². The van der Waals surface area contributed by atoms with E-state index in [2.05, 4.69) is 11.9 Å². The van der Waals surface area contributed by atoms with Crippen molar-refractivity contribution >= 4 is 17.8 Å². The molecule has 162 valence electrons. The van der Waals surface area contributed by atoms with E-state index in [1.165, 1.54) is 36.1 Å². The van der Waals surface area contributed by atoms with Gasteiger partial charge in [0.2, 0.25) is 5.91 Å². The van der Waals surface area contributed by atoms with Gasteiger partial charge in [0.15, 0.2) is 0 Å². The van der Waals surface area contributed by atoms with Crippen LogP contribution in [0.15, 0.2) is 61.2 Å². The van der Waals surface area contributed by atoms with Gasteiger partial charge in [-0.2, -0.15) is 0 Å². The summed E-state index contributed by atoms with van der Waals surface area (Å²) in [7, 11) is 1.57. The van der Waals surface area contributed by atoms with E-state index >= 15 is 0 Å². The molecule has 1 heterocycles. The summed E-state index contributed by atoms with van der Waals surface area (Å²) in [6, 6.07) is 11.9. The van der Waals surface area contributed by atoms with Crippen molar-refractivity contribution in [1.29, 1.82) is 0 Å². The van der Waals surface area contributed by atoms with Crippen molar-refractivity contribution in [3.63, 3.8) is 0 Å². The third kappa shape index (κ3) is 4.58. The molecule has 31 heavy (non-hydrogen) atoms. The van der Waals surface area contributed by atoms with E-state index in [9.17, 15) is 18.8 Å². The Morgan fingerprint density at radius 3 is 2.42 bits per heavy atom. The molecule has 1 atom stereocenters. The second-order valence-corrected chi connectivity index (χ2v) is 7.36. The van der Waals surface area contributed by atoms with Crippen molar-refractivity contribution in [2.45, 2.75) is 19.0 Å². The number of amides is 4. The molecule has 0 saturated carbocycles. The van der Waals surface area contributed by atoms with Crippen molar-refractivity contribution in [2.75, 3.05) is 20.2 Å². The minimum Gasteiger partial charge on any atom is -0.497 e. The van der Waals surface area contributed by atoms with Crippen LogP contribution in [0.5, 0.6) is 5.75 Å². The number of hydrogen-bond acceptors (Lipinski definition) is 4. The van der Waals surface area contributed by atoms with Crippen LogP contribution in [0.25, 0.3) is 0 Å². The number of urea groups is 1. The zero-order chi connectivity index (χ0) is 22.6. The van der Waals surface area contributed by atoms with Gasteiger partial charge in [0.25, 0.3) is 5.91 Å². The van der Waals surface area contributed by atoms with Crippen LogP contribution in [0, 0.1) is 5.82 Å². The Labute approximate surface area is 180 Å². The summed E-state index contributed by atoms with van der Waals surface area (Å²) in [6.45, 7) is 5.34. The molecule has 0 aromatic heterocycles. The van der Waals surface area contributed by atoms with Crippen LogP contribution in [0.1, 0.15) is 18.1 Å². The molecule has 0 bridgehead atoms. The van der Waals surface area contributed by atoms with Crippen LogP contribution in [-0.4, -0.2) is 47.8 Å². The quantitative estimate of drug-likeness (QED) is 0.521. The molecular weight excluding hydrogens is 401 g/mol. The second-order valence-electron chi connectivity index (χ2n) is 7.36. The van der Waals surface area contributed by atoms with Crippen LogP contribution in [0.2, 0.25) is 0 Å². The van der Waals surface area contributed by atoms with Crippen molar-refractivity contribution < 1.29 is 23.5 Å². The molecule has 7 nitrogen and oxygen atoms in total. The van der Waals surface area contributed by atoms with Gasteiger partial charge in [0.1, 0.15) is 23.7 Å². The fraction of sp³-hybridized carbons (Fsp3) is 0.261. The van der Waals surface area contributed by atoms with Gasteiger partial charge in [-0.15, -0.1) is 6.58 Å². The normalized spacial score (nSPS) is 18.0. The number of imide groups is 1. The van der Waals surface area contributed by atoms with Crippen LogP contribution in [-0.2, 0) is 21.7 Å². The third-order valence-electron chi connectivity index (χ3n) is 5.22. The first-order valence-electron chi connectivity index (χ1n) is 9.70. The number of nitrogens with one attached hydrogen (secondary N) is 1. The zero-order valence-electron chi connectivity index (χ0n) is 17.4. The summed E-state index contributed by atoms with van der Waals surface area (Å²) in [5.74, 6) is -0.720. The Kier molecular flexibility index (Phi) is 6.39. The molecule has 1 aliphatic rings. The lowest BCUT2D eigenvalue weighted by molar-refractivity contribution is -0.139. The largest absolute Gasteiger partial charge is 0.497 e. The van der Waals surface area contributed by atoms with Gasteiger partial charge in [0.05, 0.1) is 7.11 Å². The molecule has 2 aromatic carbocycles. The van der Waals surface area contributed by atoms with E-state index < -0.39 is 35.7 Å². The lowest BCUT2D eigenvalue weighted by atomic mass is 9.92. The van der Waals surface area contributed by atoms with Gasteiger partial charge in [-0.25, -0.2) is 9.18 Å². The molecule has 2 aromatic rings. The van der Waals surface area contributed by atoms with Gasteiger partial charge < -0.3 is 15.0 Å². The molecule has 0 aliphatic carbocycles. The Morgan fingerprint density at radius 1 is 1.19 bits per heavy atom. The highest BCUT2D eigenvalue weighted by molar-refractivity contribution is 6.09. The molecule has 1 aliphatic heterocycles. The number of rotatable bonds is 8. The summed E-state index contributed by atoms with van der Waals surface area (Å²) in [6.07, 6.45) is 1.58. The fourth-order valence-electron chi connectivity index (χ4n) is 3.42. The van der Waals surface area contributed by atoms with Crippen LogP contribution >= 0.6 is 0 Å². The van der Waals surface area contributed by atoms with Crippen molar-refractivity contribution in [1.82, 2.24) is 15.1 Å². The molecular formula is C23H24FN3O4. The maximum absolute atomic E-state index is 13.3. The molecule has 8 heteroatoms. The number of carbonyl (C=O) groups is 3. The first-order valence-corrected chi connectivity index (χ1v) is 9.70. The third-order valence-corrected chi connectivity index (χ3v) is 5.22. The molecule has 0 spiro atoms. The van der Waals surface area contributed by atoms with Crippen molar-refractivity contribution in [2.24, 2.45) is 0 Å². The van der Waals surface area contributed by atoms with E-state index in [1.807, 2.05) is 12.1 Å². The van der Waals surface area contributed by atoms with E-state index in [1.54, 1.807) is 25.3 Å². The summed E-state index contributed by atoms with van der Waals surface area (Å²) in [5, 5.41) is 2.61. The molecule has 0 unspecified atom stereocenters. The van der Waals surface area contributed by atoms with Crippen LogP contribution in [0.4, 0.5) is 9.18 Å². The highest BCUT2D eigenvalue weighted by atomic mass is 19.1. The molecule has 1 saturated heterocycles. The number of ether oxygens (including phenoxy) is 1. The molecule has 1 N–H and O–H groups in total. The van der Waals surface area contributed by atoms with Gasteiger partial charge in [0, 0.05) is 13.1 Å². The van der Waals surface area contributed by atoms with E-state index in [4.69, 9.17) is 4.74 Å². The van der Waals surface area contributed by atoms with Crippen molar-refractivity contribution in [3.8, 4) is 5.75 Å². The predicted molar refractivity (Wildman–Crippen MR) is 113 cm³/mol. The summed E-state index contributed by atoms with van der Waals surface area (Å²) >= 11 is 0. The van der Waals surface area contributed by atoms with E-state index in [0.717, 1.165) is 10.5 Å². The summed E-state index contributed by atoms with van der Waals surface area (Å²) in [4.78, 5) is 40.8. The van der Waals surface area contributed by atoms with Crippen LogP contribution < -0.4 is 10.1 Å². The maximum atomic E-state index is 13.3. The minimum atomic E-state index is -1.37. The smallest absolute Gasteiger partial charge is 0.325 e. The monoisotopic (exact) mass is 425 g/mol. The van der Waals surface area contributed by atoms with Gasteiger partial charge >= 0.3 is 6.03 Å². The summed E-state index contributed by atoms with van der Waals surface area (Å²) < 4.78 is 18.4. The lowest BCUT2D eigenvalue weighted by Gasteiger charge is -2.25.